The standard InChI is InChI=1S/C19H25N3O3S.2ClH/c1-13(20)14-5-7-22(8-6-14)19(23)15-3-4-17(18(9-15)24-2)25-10-16-11-26-12-21-16;;/h3-4,9,11-14H,5-8,10,20H2,1-2H3;2*1H. The fourth-order valence-corrected chi connectivity index (χ4v) is 3.73. The van der Waals surface area contributed by atoms with Gasteiger partial charge < -0.3 is 20.1 Å². The van der Waals surface area contributed by atoms with E-state index in [1.54, 1.807) is 30.8 Å². The second-order valence-corrected chi connectivity index (χ2v) is 7.34. The quantitative estimate of drug-likeness (QED) is 0.728. The molecular formula is C19H27Cl2N3O3S. The summed E-state index contributed by atoms with van der Waals surface area (Å²) in [5.74, 6) is 1.68. The molecule has 2 N–H and O–H groups in total. The van der Waals surface area contributed by atoms with Gasteiger partial charge in [0.05, 0.1) is 18.3 Å². The maximum atomic E-state index is 12.8. The van der Waals surface area contributed by atoms with Crippen molar-refractivity contribution in [1.82, 2.24) is 9.88 Å². The third-order valence-corrected chi connectivity index (χ3v) is 5.48. The van der Waals surface area contributed by atoms with Crippen molar-refractivity contribution >= 4 is 42.1 Å². The topological polar surface area (TPSA) is 77.7 Å². The van der Waals surface area contributed by atoms with Gasteiger partial charge in [0.1, 0.15) is 6.61 Å². The third kappa shape index (κ3) is 5.98. The molecule has 1 saturated heterocycles. The number of hydrogen-bond donors (Lipinski definition) is 1. The second kappa shape index (κ2) is 11.5. The fourth-order valence-electron chi connectivity index (χ4n) is 3.19. The predicted molar refractivity (Wildman–Crippen MR) is 116 cm³/mol. The molecule has 1 aliphatic rings. The summed E-state index contributed by atoms with van der Waals surface area (Å²) in [4.78, 5) is 18.9. The van der Waals surface area contributed by atoms with Crippen LogP contribution in [0.5, 0.6) is 11.5 Å². The van der Waals surface area contributed by atoms with Gasteiger partial charge in [-0.15, -0.1) is 36.2 Å². The number of piperidine rings is 1. The number of likely N-dealkylation sites (tertiary alicyclic amines) is 1. The Morgan fingerprint density at radius 2 is 2.04 bits per heavy atom. The molecule has 0 spiro atoms. The molecule has 28 heavy (non-hydrogen) atoms. The number of ether oxygens (including phenoxy) is 2. The second-order valence-electron chi connectivity index (χ2n) is 6.62. The first-order chi connectivity index (χ1) is 12.6. The molecule has 1 aliphatic heterocycles. The Bertz CT molecular complexity index is 736. The molecule has 6 nitrogen and oxygen atoms in total. The molecule has 156 valence electrons. The summed E-state index contributed by atoms with van der Waals surface area (Å²) in [5.41, 5.74) is 9.23. The Kier molecular flexibility index (Phi) is 10.0. The number of amides is 1. The van der Waals surface area contributed by atoms with E-state index in [9.17, 15) is 4.79 Å². The number of halogens is 2. The van der Waals surface area contributed by atoms with Gasteiger partial charge >= 0.3 is 0 Å². The van der Waals surface area contributed by atoms with Gasteiger partial charge in [-0.05, 0) is 43.9 Å². The van der Waals surface area contributed by atoms with Crippen molar-refractivity contribution in [1.29, 1.82) is 0 Å². The molecule has 0 aliphatic carbocycles. The van der Waals surface area contributed by atoms with E-state index < -0.39 is 0 Å². The third-order valence-electron chi connectivity index (χ3n) is 4.84. The highest BCUT2D eigenvalue weighted by atomic mass is 35.5. The van der Waals surface area contributed by atoms with E-state index >= 15 is 0 Å². The number of thiazole rings is 1. The average molecular weight is 448 g/mol. The zero-order valence-electron chi connectivity index (χ0n) is 16.0. The molecule has 1 amide bonds. The Hall–Kier alpha value is -1.54. The molecule has 0 radical (unpaired) electrons. The Labute approximate surface area is 182 Å². The van der Waals surface area contributed by atoms with Gasteiger partial charge in [0.25, 0.3) is 5.91 Å². The molecule has 2 heterocycles. The summed E-state index contributed by atoms with van der Waals surface area (Å²) >= 11 is 1.53. The molecule has 9 heteroatoms. The van der Waals surface area contributed by atoms with Crippen molar-refractivity contribution in [2.75, 3.05) is 20.2 Å². The normalized spacial score (nSPS) is 15.2. The van der Waals surface area contributed by atoms with Crippen molar-refractivity contribution in [2.24, 2.45) is 11.7 Å². The number of nitrogens with two attached hydrogens (primary N) is 1. The minimum Gasteiger partial charge on any atom is -0.493 e. The van der Waals surface area contributed by atoms with Crippen LogP contribution in [-0.2, 0) is 6.61 Å². The number of benzene rings is 1. The maximum absolute atomic E-state index is 12.8. The zero-order chi connectivity index (χ0) is 18.5. The van der Waals surface area contributed by atoms with Gasteiger partial charge in [-0.3, -0.25) is 4.79 Å². The minimum atomic E-state index is 0. The Morgan fingerprint density at radius 3 is 2.61 bits per heavy atom. The number of nitrogens with zero attached hydrogens (tertiary/aromatic N) is 2. The lowest BCUT2D eigenvalue weighted by Crippen LogP contribution is -2.42. The summed E-state index contributed by atoms with van der Waals surface area (Å²) in [6.45, 7) is 3.90. The predicted octanol–water partition coefficient (Wildman–Crippen LogP) is 3.77. The van der Waals surface area contributed by atoms with Gasteiger partial charge in [-0.1, -0.05) is 0 Å². The maximum Gasteiger partial charge on any atom is 0.253 e. The molecular weight excluding hydrogens is 421 g/mol. The number of rotatable bonds is 6. The smallest absolute Gasteiger partial charge is 0.253 e. The molecule has 3 rings (SSSR count). The van der Waals surface area contributed by atoms with Gasteiger partial charge in [-0.2, -0.15) is 0 Å². The van der Waals surface area contributed by atoms with E-state index in [4.69, 9.17) is 15.2 Å². The van der Waals surface area contributed by atoms with Crippen LogP contribution in [0.3, 0.4) is 0 Å². The van der Waals surface area contributed by atoms with Crippen LogP contribution in [0.1, 0.15) is 35.8 Å². The van der Waals surface area contributed by atoms with E-state index in [0.29, 0.717) is 29.6 Å². The largest absolute Gasteiger partial charge is 0.493 e. The summed E-state index contributed by atoms with van der Waals surface area (Å²) in [6.07, 6.45) is 1.91. The molecule has 0 saturated carbocycles. The van der Waals surface area contributed by atoms with E-state index in [0.717, 1.165) is 31.6 Å². The highest BCUT2D eigenvalue weighted by molar-refractivity contribution is 7.07. The summed E-state index contributed by atoms with van der Waals surface area (Å²) in [6, 6.07) is 5.50. The molecule has 0 bridgehead atoms. The SMILES string of the molecule is COc1cc(C(=O)N2CCC(C(C)N)CC2)ccc1OCc1cscn1.Cl.Cl. The lowest BCUT2D eigenvalue weighted by Gasteiger charge is -2.33. The number of aromatic nitrogens is 1. The molecule has 2 aromatic rings. The lowest BCUT2D eigenvalue weighted by molar-refractivity contribution is 0.0680. The highest BCUT2D eigenvalue weighted by Crippen LogP contribution is 2.30. The average Bonchev–Trinajstić information content (AvgIpc) is 3.19. The summed E-state index contributed by atoms with van der Waals surface area (Å²) in [7, 11) is 1.58. The summed E-state index contributed by atoms with van der Waals surface area (Å²) in [5, 5.41) is 1.94. The molecule has 1 fully saturated rings. The first kappa shape index (κ1) is 24.5. The molecule has 1 aromatic carbocycles. The minimum absolute atomic E-state index is 0. The van der Waals surface area contributed by atoms with Crippen LogP contribution >= 0.6 is 36.2 Å². The van der Waals surface area contributed by atoms with Crippen LogP contribution < -0.4 is 15.2 Å². The van der Waals surface area contributed by atoms with Gasteiger partial charge in [0, 0.05) is 30.1 Å². The van der Waals surface area contributed by atoms with Gasteiger partial charge in [0.2, 0.25) is 0 Å². The molecule has 1 aromatic heterocycles. The first-order valence-electron chi connectivity index (χ1n) is 8.81. The Balaban J connectivity index is 0.00000196. The van der Waals surface area contributed by atoms with Crippen LogP contribution in [0.4, 0.5) is 0 Å². The first-order valence-corrected chi connectivity index (χ1v) is 9.75. The van der Waals surface area contributed by atoms with E-state index in [-0.39, 0.29) is 36.8 Å². The van der Waals surface area contributed by atoms with Crippen LogP contribution in [0.2, 0.25) is 0 Å². The summed E-state index contributed by atoms with van der Waals surface area (Å²) < 4.78 is 11.2. The van der Waals surface area contributed by atoms with Gasteiger partial charge in [-0.25, -0.2) is 4.98 Å². The highest BCUT2D eigenvalue weighted by Gasteiger charge is 2.26. The van der Waals surface area contributed by atoms with Crippen LogP contribution in [0.25, 0.3) is 0 Å². The fraction of sp³-hybridized carbons (Fsp3) is 0.474. The van der Waals surface area contributed by atoms with Crippen LogP contribution in [0.15, 0.2) is 29.1 Å². The Morgan fingerprint density at radius 1 is 1.32 bits per heavy atom. The number of carbonyl (C=O) groups excluding carboxylic acids is 1. The lowest BCUT2D eigenvalue weighted by atomic mass is 9.90. The van der Waals surface area contributed by atoms with Crippen molar-refractivity contribution < 1.29 is 14.3 Å². The van der Waals surface area contributed by atoms with Crippen molar-refractivity contribution in [3.8, 4) is 11.5 Å². The van der Waals surface area contributed by atoms with Gasteiger partial charge in [0.15, 0.2) is 11.5 Å². The van der Waals surface area contributed by atoms with Crippen LogP contribution in [0, 0.1) is 5.92 Å². The number of carbonyl (C=O) groups is 1. The monoisotopic (exact) mass is 447 g/mol. The van der Waals surface area contributed by atoms with E-state index in [1.165, 1.54) is 11.3 Å². The van der Waals surface area contributed by atoms with Crippen LogP contribution in [-0.4, -0.2) is 42.0 Å². The van der Waals surface area contributed by atoms with Crippen molar-refractivity contribution in [3.05, 3.63) is 40.3 Å². The molecule has 1 atom stereocenters. The van der Waals surface area contributed by atoms with Crippen molar-refractivity contribution in [2.45, 2.75) is 32.4 Å². The number of methoxy groups -OCH3 is 1. The van der Waals surface area contributed by atoms with E-state index in [2.05, 4.69) is 4.98 Å². The van der Waals surface area contributed by atoms with Crippen molar-refractivity contribution in [3.63, 3.8) is 0 Å². The zero-order valence-corrected chi connectivity index (χ0v) is 18.4. The molecule has 1 unspecified atom stereocenters. The number of hydrogen-bond acceptors (Lipinski definition) is 6. The van der Waals surface area contributed by atoms with E-state index in [1.807, 2.05) is 17.2 Å².